The Morgan fingerprint density at radius 1 is 1.24 bits per heavy atom. The van der Waals surface area contributed by atoms with Gasteiger partial charge in [-0.05, 0) is 48.6 Å². The first kappa shape index (κ1) is 23.8. The van der Waals surface area contributed by atoms with Crippen molar-refractivity contribution in [2.75, 3.05) is 20.2 Å². The molecule has 34 heavy (non-hydrogen) atoms. The van der Waals surface area contributed by atoms with Gasteiger partial charge < -0.3 is 4.74 Å². The summed E-state index contributed by atoms with van der Waals surface area (Å²) in [6, 6.07) is 17.4. The van der Waals surface area contributed by atoms with Gasteiger partial charge in [0.2, 0.25) is 0 Å². The Morgan fingerprint density at radius 3 is 2.79 bits per heavy atom. The van der Waals surface area contributed by atoms with Crippen LogP contribution in [0.2, 0.25) is 0 Å². The van der Waals surface area contributed by atoms with E-state index >= 15 is 0 Å². The van der Waals surface area contributed by atoms with E-state index in [1.165, 1.54) is 11.3 Å². The topological polar surface area (TPSA) is 86.1 Å². The lowest BCUT2D eigenvalue weighted by Crippen LogP contribution is -2.71. The van der Waals surface area contributed by atoms with Gasteiger partial charge in [0.15, 0.2) is 0 Å². The van der Waals surface area contributed by atoms with Crippen LogP contribution < -0.4 is 10.1 Å². The zero-order valence-corrected chi connectivity index (χ0v) is 20.1. The van der Waals surface area contributed by atoms with Gasteiger partial charge in [0.1, 0.15) is 23.5 Å². The first-order valence-corrected chi connectivity index (χ1v) is 12.3. The molecule has 176 valence electrons. The van der Waals surface area contributed by atoms with Crippen LogP contribution in [0, 0.1) is 5.41 Å². The molecule has 0 saturated carbocycles. The number of hydrogen-bond donors (Lipinski definition) is 2. The lowest BCUT2D eigenvalue weighted by molar-refractivity contribution is -0.496. The van der Waals surface area contributed by atoms with Gasteiger partial charge in [-0.25, -0.2) is 0 Å². The Kier molecular flexibility index (Phi) is 8.19. The molecular weight excluding hydrogens is 446 g/mol. The van der Waals surface area contributed by atoms with E-state index in [0.717, 1.165) is 49.6 Å². The predicted molar refractivity (Wildman–Crippen MR) is 134 cm³/mol. The van der Waals surface area contributed by atoms with Crippen LogP contribution in [0.1, 0.15) is 28.2 Å². The van der Waals surface area contributed by atoms with E-state index in [4.69, 9.17) is 10.1 Å². The van der Waals surface area contributed by atoms with Crippen LogP contribution in [0.5, 0.6) is 5.75 Å². The van der Waals surface area contributed by atoms with Crippen molar-refractivity contribution in [3.8, 4) is 5.75 Å². The van der Waals surface area contributed by atoms with Gasteiger partial charge in [0.25, 0.3) is 5.91 Å². The van der Waals surface area contributed by atoms with Crippen LogP contribution in [0.25, 0.3) is 0 Å². The third kappa shape index (κ3) is 6.17. The highest BCUT2D eigenvalue weighted by atomic mass is 32.1. The molecule has 3 aromatic rings. The first-order chi connectivity index (χ1) is 16.6. The molecule has 0 atom stereocenters. The van der Waals surface area contributed by atoms with Gasteiger partial charge in [-0.3, -0.25) is 30.3 Å². The average molecular weight is 477 g/mol. The molecule has 0 spiro atoms. The Hall–Kier alpha value is -3.33. The average Bonchev–Trinajstić information content (AvgIpc) is 3.41. The normalized spacial score (nSPS) is 14.9. The van der Waals surface area contributed by atoms with Crippen LogP contribution in [-0.2, 0) is 6.54 Å². The smallest absolute Gasteiger partial charge is 0.269 e. The summed E-state index contributed by atoms with van der Waals surface area (Å²) in [7, 11) is 1.64. The second-order valence-corrected chi connectivity index (χ2v) is 9.12. The molecule has 0 aliphatic carbocycles. The number of amidine groups is 1. The van der Waals surface area contributed by atoms with E-state index in [1.54, 1.807) is 18.1 Å². The van der Waals surface area contributed by atoms with Crippen LogP contribution in [0.3, 0.4) is 0 Å². The lowest BCUT2D eigenvalue weighted by atomic mass is 10.0. The highest BCUT2D eigenvalue weighted by Crippen LogP contribution is 2.22. The summed E-state index contributed by atoms with van der Waals surface area (Å²) in [5.74, 6) is 0.888. The lowest BCUT2D eigenvalue weighted by Gasteiger charge is -2.37. The zero-order chi connectivity index (χ0) is 23.8. The summed E-state index contributed by atoms with van der Waals surface area (Å²) >= 11 is 1.42. The number of aromatic nitrogens is 1. The van der Waals surface area contributed by atoms with Crippen LogP contribution in [0.4, 0.5) is 5.69 Å². The van der Waals surface area contributed by atoms with Crippen molar-refractivity contribution in [2.45, 2.75) is 25.4 Å². The molecule has 2 aromatic heterocycles. The molecule has 0 radical (unpaired) electrons. The van der Waals surface area contributed by atoms with Gasteiger partial charge in [0, 0.05) is 44.0 Å². The number of carbonyl (C=O) groups excluding carboxylic acids is 1. The number of thiophene rings is 1. The first-order valence-electron chi connectivity index (χ1n) is 11.4. The van der Waals surface area contributed by atoms with Crippen molar-refractivity contribution in [1.29, 1.82) is 5.41 Å². The highest BCUT2D eigenvalue weighted by Gasteiger charge is 2.31. The number of pyridine rings is 1. The molecule has 4 rings (SSSR count). The van der Waals surface area contributed by atoms with Gasteiger partial charge in [-0.15, -0.1) is 11.3 Å². The molecule has 7 nitrogen and oxygen atoms in total. The number of nitrogens with two attached hydrogens (primary N) is 1. The second kappa shape index (κ2) is 11.7. The number of carbonyl (C=O) groups is 1. The highest BCUT2D eigenvalue weighted by molar-refractivity contribution is 7.12. The maximum atomic E-state index is 13.3. The van der Waals surface area contributed by atoms with Gasteiger partial charge in [0.05, 0.1) is 17.7 Å². The quantitative estimate of drug-likeness (QED) is 0.295. The van der Waals surface area contributed by atoms with Gasteiger partial charge in [-0.2, -0.15) is 0 Å². The molecule has 0 bridgehead atoms. The minimum Gasteiger partial charge on any atom is -0.497 e. The van der Waals surface area contributed by atoms with Crippen molar-refractivity contribution in [1.82, 2.24) is 14.8 Å². The van der Waals surface area contributed by atoms with Crippen LogP contribution in [0.15, 0.2) is 78.5 Å². The summed E-state index contributed by atoms with van der Waals surface area (Å²) in [6.07, 6.45) is 6.98. The van der Waals surface area contributed by atoms with Gasteiger partial charge >= 0.3 is 0 Å². The summed E-state index contributed by atoms with van der Waals surface area (Å²) in [5, 5.41) is 12.6. The molecule has 0 unspecified atom stereocenters. The van der Waals surface area contributed by atoms with Crippen molar-refractivity contribution in [3.63, 3.8) is 0 Å². The maximum absolute atomic E-state index is 13.3. The van der Waals surface area contributed by atoms with E-state index in [9.17, 15) is 4.79 Å². The van der Waals surface area contributed by atoms with E-state index in [2.05, 4.69) is 9.88 Å². The Labute approximate surface area is 204 Å². The number of benzene rings is 1. The molecule has 1 aromatic carbocycles. The maximum Gasteiger partial charge on any atom is 0.269 e. The fraction of sp³-hybridized carbons (Fsp3) is 0.269. The van der Waals surface area contributed by atoms with E-state index < -0.39 is 0 Å². The van der Waals surface area contributed by atoms with Crippen LogP contribution >= 0.6 is 11.3 Å². The molecule has 3 N–H and O–H groups in total. The largest absolute Gasteiger partial charge is 0.497 e. The number of quaternary nitrogens is 1. The number of ether oxygens (including phenoxy) is 1. The Morgan fingerprint density at radius 2 is 2.09 bits per heavy atom. The molecule has 1 fully saturated rings. The SMILES string of the molecule is COc1cccc([NH2+]/C=C\C(=N)N(C(=O)c2cccs2)C2CCN(Cc3ccccn3)CC2)c1. The van der Waals surface area contributed by atoms with Gasteiger partial charge in [-0.1, -0.05) is 18.2 Å². The summed E-state index contributed by atoms with van der Waals surface area (Å²) in [5.41, 5.74) is 2.03. The number of likely N-dealkylation sites (tertiary alicyclic amines) is 1. The fourth-order valence-corrected chi connectivity index (χ4v) is 4.78. The third-order valence-electron chi connectivity index (χ3n) is 5.88. The number of nitrogens with zero attached hydrogens (tertiary/aromatic N) is 3. The number of nitrogens with one attached hydrogen (secondary N) is 1. The Bertz CT molecular complexity index is 1110. The number of rotatable bonds is 8. The van der Waals surface area contributed by atoms with Crippen molar-refractivity contribution < 1.29 is 14.8 Å². The molecule has 3 heterocycles. The van der Waals surface area contributed by atoms with E-state index in [1.807, 2.05) is 77.7 Å². The third-order valence-corrected chi connectivity index (χ3v) is 6.74. The minimum atomic E-state index is -0.103. The molecule has 8 heteroatoms. The fourth-order valence-electron chi connectivity index (χ4n) is 4.12. The monoisotopic (exact) mass is 476 g/mol. The second-order valence-electron chi connectivity index (χ2n) is 8.17. The summed E-state index contributed by atoms with van der Waals surface area (Å²) < 4.78 is 5.27. The van der Waals surface area contributed by atoms with E-state index in [0.29, 0.717) is 4.88 Å². The van der Waals surface area contributed by atoms with E-state index in [-0.39, 0.29) is 17.8 Å². The van der Waals surface area contributed by atoms with Crippen molar-refractivity contribution in [3.05, 3.63) is 89.0 Å². The van der Waals surface area contributed by atoms with Crippen molar-refractivity contribution in [2.24, 2.45) is 0 Å². The number of hydrogen-bond acceptors (Lipinski definition) is 6. The Balaban J connectivity index is 1.43. The standard InChI is InChI=1S/C26H29N5O2S/c1-33-23-8-4-7-20(18-23)29-14-10-25(27)31(26(32)24-9-5-17-34-24)22-11-15-30(16-12-22)19-21-6-2-3-13-28-21/h2-10,13-14,17-18,22,27,29H,11-12,15-16,19H2,1H3/p+1/b14-10-,27-25?. The minimum absolute atomic E-state index is 0.0106. The van der Waals surface area contributed by atoms with Crippen molar-refractivity contribution >= 4 is 28.8 Å². The summed E-state index contributed by atoms with van der Waals surface area (Å²) in [6.45, 7) is 2.53. The number of piperidine rings is 1. The number of amides is 1. The molecular formula is C26H30N5O2S+. The predicted octanol–water partition coefficient (Wildman–Crippen LogP) is 3.64. The zero-order valence-electron chi connectivity index (χ0n) is 19.3. The molecule has 1 aliphatic heterocycles. The number of methoxy groups -OCH3 is 1. The summed E-state index contributed by atoms with van der Waals surface area (Å²) in [4.78, 5) is 22.5. The van der Waals surface area contributed by atoms with Crippen LogP contribution in [-0.4, -0.2) is 52.8 Å². The molecule has 1 saturated heterocycles. The molecule has 1 amide bonds. The molecule has 1 aliphatic rings.